The second-order valence-corrected chi connectivity index (χ2v) is 11.8. The van der Waals surface area contributed by atoms with Gasteiger partial charge < -0.3 is 23.8 Å². The number of ether oxygens (including phenoxy) is 4. The first-order chi connectivity index (χ1) is 20.3. The van der Waals surface area contributed by atoms with Crippen LogP contribution in [-0.2, 0) is 26.9 Å². The minimum atomic E-state index is -4.71. The van der Waals surface area contributed by atoms with Crippen molar-refractivity contribution in [1.29, 1.82) is 0 Å². The van der Waals surface area contributed by atoms with E-state index in [4.69, 9.17) is 42.1 Å². The summed E-state index contributed by atoms with van der Waals surface area (Å²) in [6, 6.07) is 11.0. The van der Waals surface area contributed by atoms with Crippen LogP contribution in [0.2, 0.25) is 10.0 Å². The number of aryl methyl sites for hydroxylation is 1. The standard InChI is InChI=1S/C28H28Cl2N2O10S/c1-39-23-13-18(14-24(40-2)26(23)41-3)27(33)31-10-11-42-28(16-31,19-4-6-21(29)22(30)15-19)9-8-17-12-20(32(34)35)5-7-25(17)43(36,37)38/h4-7,12-15H,8-11,16H2,1-3H3,(H,36,37,38). The molecule has 12 nitrogen and oxygen atoms in total. The maximum Gasteiger partial charge on any atom is 0.294 e. The first-order valence-electron chi connectivity index (χ1n) is 12.8. The van der Waals surface area contributed by atoms with E-state index in [9.17, 15) is 27.9 Å². The maximum atomic E-state index is 13.8. The van der Waals surface area contributed by atoms with E-state index in [2.05, 4.69) is 0 Å². The van der Waals surface area contributed by atoms with Crippen molar-refractivity contribution < 1.29 is 41.6 Å². The van der Waals surface area contributed by atoms with Gasteiger partial charge in [0.15, 0.2) is 11.5 Å². The lowest BCUT2D eigenvalue weighted by Gasteiger charge is -2.43. The van der Waals surface area contributed by atoms with Crippen molar-refractivity contribution in [1.82, 2.24) is 4.90 Å². The van der Waals surface area contributed by atoms with Crippen molar-refractivity contribution in [3.63, 3.8) is 0 Å². The van der Waals surface area contributed by atoms with Gasteiger partial charge in [-0.1, -0.05) is 29.3 Å². The fourth-order valence-electron chi connectivity index (χ4n) is 5.06. The van der Waals surface area contributed by atoms with E-state index in [-0.39, 0.29) is 76.8 Å². The number of nitrogens with zero attached hydrogens (tertiary/aromatic N) is 2. The number of carbonyl (C=O) groups excluding carboxylic acids is 1. The third kappa shape index (κ3) is 6.81. The molecule has 0 aromatic heterocycles. The molecule has 43 heavy (non-hydrogen) atoms. The molecule has 0 radical (unpaired) electrons. The van der Waals surface area contributed by atoms with Gasteiger partial charge in [0, 0.05) is 24.2 Å². The fraction of sp³-hybridized carbons (Fsp3) is 0.321. The highest BCUT2D eigenvalue weighted by molar-refractivity contribution is 7.85. The average Bonchev–Trinajstić information content (AvgIpc) is 2.99. The Morgan fingerprint density at radius 3 is 2.28 bits per heavy atom. The zero-order valence-electron chi connectivity index (χ0n) is 23.3. The van der Waals surface area contributed by atoms with Gasteiger partial charge in [0.2, 0.25) is 5.75 Å². The number of amides is 1. The Morgan fingerprint density at radius 2 is 1.72 bits per heavy atom. The number of nitro groups is 1. The van der Waals surface area contributed by atoms with Crippen LogP contribution >= 0.6 is 23.2 Å². The van der Waals surface area contributed by atoms with Crippen LogP contribution in [0.5, 0.6) is 17.2 Å². The van der Waals surface area contributed by atoms with Crippen molar-refractivity contribution in [3.8, 4) is 17.2 Å². The fourth-order valence-corrected chi connectivity index (χ4v) is 6.09. The topological polar surface area (TPSA) is 155 Å². The minimum Gasteiger partial charge on any atom is -0.493 e. The van der Waals surface area contributed by atoms with Crippen LogP contribution < -0.4 is 14.2 Å². The van der Waals surface area contributed by atoms with Crippen molar-refractivity contribution >= 4 is 44.9 Å². The molecule has 1 amide bonds. The Bertz CT molecular complexity index is 1640. The second-order valence-electron chi connectivity index (χ2n) is 9.64. The third-order valence-corrected chi connectivity index (χ3v) is 8.85. The molecule has 1 N–H and O–H groups in total. The maximum absolute atomic E-state index is 13.8. The lowest BCUT2D eigenvalue weighted by Crippen LogP contribution is -2.52. The summed E-state index contributed by atoms with van der Waals surface area (Å²) in [5.41, 5.74) is -0.790. The van der Waals surface area contributed by atoms with Crippen LogP contribution in [0.15, 0.2) is 53.4 Å². The number of hydrogen-bond acceptors (Lipinski definition) is 9. The van der Waals surface area contributed by atoms with E-state index in [1.165, 1.54) is 33.5 Å². The number of nitro benzene ring substituents is 1. The third-order valence-electron chi connectivity index (χ3n) is 7.16. The number of non-ortho nitro benzene ring substituents is 1. The number of morpholine rings is 1. The molecule has 1 heterocycles. The van der Waals surface area contributed by atoms with Crippen LogP contribution in [-0.4, -0.2) is 69.7 Å². The molecule has 4 rings (SSSR count). The summed E-state index contributed by atoms with van der Waals surface area (Å²) in [5.74, 6) is 0.525. The molecule has 1 atom stereocenters. The van der Waals surface area contributed by atoms with E-state index in [1.54, 1.807) is 23.1 Å². The van der Waals surface area contributed by atoms with Gasteiger partial charge in [0.05, 0.1) is 54.3 Å². The molecule has 0 saturated carbocycles. The number of methoxy groups -OCH3 is 3. The molecule has 15 heteroatoms. The van der Waals surface area contributed by atoms with Gasteiger partial charge in [-0.05, 0) is 54.3 Å². The first-order valence-corrected chi connectivity index (χ1v) is 15.0. The lowest BCUT2D eigenvalue weighted by molar-refractivity contribution is -0.385. The molecule has 3 aromatic carbocycles. The summed E-state index contributed by atoms with van der Waals surface area (Å²) >= 11 is 12.5. The van der Waals surface area contributed by atoms with Crippen LogP contribution in [0.1, 0.15) is 27.9 Å². The molecule has 0 spiro atoms. The zero-order valence-corrected chi connectivity index (χ0v) is 25.7. The molecule has 1 aliphatic rings. The lowest BCUT2D eigenvalue weighted by atomic mass is 9.85. The number of carbonyl (C=O) groups is 1. The molecule has 0 aliphatic carbocycles. The Hall–Kier alpha value is -3.62. The Kier molecular flexibility index (Phi) is 9.72. The predicted molar refractivity (Wildman–Crippen MR) is 157 cm³/mol. The summed E-state index contributed by atoms with van der Waals surface area (Å²) in [7, 11) is -0.387. The SMILES string of the molecule is COc1cc(C(=O)N2CCOC(CCc3cc([N+](=O)[O-])ccc3S(=O)(=O)O)(c3ccc(Cl)c(Cl)c3)C2)cc(OC)c1OC. The first kappa shape index (κ1) is 32.3. The van der Waals surface area contributed by atoms with E-state index in [0.29, 0.717) is 11.3 Å². The highest BCUT2D eigenvalue weighted by Gasteiger charge is 2.41. The van der Waals surface area contributed by atoms with Gasteiger partial charge in [-0.15, -0.1) is 0 Å². The average molecular weight is 656 g/mol. The zero-order chi connectivity index (χ0) is 31.5. The second kappa shape index (κ2) is 12.9. The van der Waals surface area contributed by atoms with Crippen molar-refractivity contribution in [2.24, 2.45) is 0 Å². The van der Waals surface area contributed by atoms with E-state index < -0.39 is 25.5 Å². The molecule has 1 fully saturated rings. The van der Waals surface area contributed by atoms with Gasteiger partial charge >= 0.3 is 0 Å². The normalized spacial score (nSPS) is 16.9. The summed E-state index contributed by atoms with van der Waals surface area (Å²) in [6.07, 6.45) is -0.0308. The monoisotopic (exact) mass is 654 g/mol. The van der Waals surface area contributed by atoms with Crippen LogP contribution in [0.3, 0.4) is 0 Å². The van der Waals surface area contributed by atoms with Gasteiger partial charge in [-0.2, -0.15) is 8.42 Å². The smallest absolute Gasteiger partial charge is 0.294 e. The van der Waals surface area contributed by atoms with Crippen LogP contribution in [0.4, 0.5) is 5.69 Å². The van der Waals surface area contributed by atoms with E-state index >= 15 is 0 Å². The van der Waals surface area contributed by atoms with Crippen LogP contribution in [0.25, 0.3) is 0 Å². The van der Waals surface area contributed by atoms with Gasteiger partial charge in [0.25, 0.3) is 21.7 Å². The minimum absolute atomic E-state index is 0.00338. The van der Waals surface area contributed by atoms with Crippen LogP contribution in [0, 0.1) is 10.1 Å². The molecular weight excluding hydrogens is 627 g/mol. The van der Waals surface area contributed by atoms with Crippen molar-refractivity contribution in [2.75, 3.05) is 41.0 Å². The summed E-state index contributed by atoms with van der Waals surface area (Å²) in [4.78, 5) is 25.7. The molecule has 0 bridgehead atoms. The van der Waals surface area contributed by atoms with Gasteiger partial charge in [0.1, 0.15) is 5.60 Å². The predicted octanol–water partition coefficient (Wildman–Crippen LogP) is 5.17. The molecule has 1 aliphatic heterocycles. The van der Waals surface area contributed by atoms with Crippen molar-refractivity contribution in [2.45, 2.75) is 23.3 Å². The quantitative estimate of drug-likeness (QED) is 0.176. The van der Waals surface area contributed by atoms with E-state index in [1.807, 2.05) is 0 Å². The Morgan fingerprint density at radius 1 is 1.05 bits per heavy atom. The molecule has 1 unspecified atom stereocenters. The Balaban J connectivity index is 1.76. The summed E-state index contributed by atoms with van der Waals surface area (Å²) in [6.45, 7) is 0.304. The largest absolute Gasteiger partial charge is 0.493 e. The Labute approximate surface area is 257 Å². The number of benzene rings is 3. The summed E-state index contributed by atoms with van der Waals surface area (Å²) < 4.78 is 56.5. The van der Waals surface area contributed by atoms with Gasteiger partial charge in [-0.25, -0.2) is 0 Å². The number of hydrogen-bond donors (Lipinski definition) is 1. The number of rotatable bonds is 10. The summed E-state index contributed by atoms with van der Waals surface area (Å²) in [5, 5.41) is 11.9. The highest BCUT2D eigenvalue weighted by Crippen LogP contribution is 2.41. The number of halogens is 2. The van der Waals surface area contributed by atoms with Gasteiger partial charge in [-0.3, -0.25) is 19.5 Å². The highest BCUT2D eigenvalue weighted by atomic mass is 35.5. The van der Waals surface area contributed by atoms with Crippen molar-refractivity contribution in [3.05, 3.63) is 85.4 Å². The molecule has 230 valence electrons. The molecular formula is C28H28Cl2N2O10S. The van der Waals surface area contributed by atoms with E-state index in [0.717, 1.165) is 18.2 Å². The molecule has 1 saturated heterocycles. The molecule has 3 aromatic rings.